The average Bonchev–Trinajstić information content (AvgIpc) is 3.65. The molecule has 5 rings (SSSR count). The number of alkyl halides is 3. The molecule has 11 nitrogen and oxygen atoms in total. The molecule has 1 aromatic heterocycles. The van der Waals surface area contributed by atoms with E-state index < -0.39 is 22.4 Å². The molecule has 2 aromatic carbocycles. The van der Waals surface area contributed by atoms with Crippen molar-refractivity contribution in [1.82, 2.24) is 15.0 Å². The molecule has 2 aliphatic rings. The average molecular weight is 700 g/mol. The standard InChI is InChI=1S/C25H23Br2F3N8O3/c26-17-11-15(12-18(27)21(17)41-20-6-5-16(25(28,29)30)13-19(20)38(39)40)14-31-35-22-32-23(36-7-1-2-8-36)34-24(33-22)37-9-3-4-10-37/h5-6,11-14H,1-4,7-10H2,(H,32,33,34,35)/b31-14+. The fourth-order valence-electron chi connectivity index (χ4n) is 4.47. The van der Waals surface area contributed by atoms with Crippen molar-refractivity contribution in [2.75, 3.05) is 41.4 Å². The minimum absolute atomic E-state index is 0.140. The molecule has 0 radical (unpaired) electrons. The molecule has 2 saturated heterocycles. The molecule has 1 N–H and O–H groups in total. The normalized spacial score (nSPS) is 15.6. The van der Waals surface area contributed by atoms with Gasteiger partial charge in [-0.25, -0.2) is 5.43 Å². The number of nitrogens with one attached hydrogen (secondary N) is 1. The molecule has 0 saturated carbocycles. The second-order valence-corrected chi connectivity index (χ2v) is 11.1. The van der Waals surface area contributed by atoms with Crippen LogP contribution in [0.3, 0.4) is 0 Å². The van der Waals surface area contributed by atoms with E-state index in [1.54, 1.807) is 12.1 Å². The summed E-state index contributed by atoms with van der Waals surface area (Å²) in [7, 11) is 0. The Labute approximate surface area is 249 Å². The molecular weight excluding hydrogens is 677 g/mol. The van der Waals surface area contributed by atoms with Crippen molar-refractivity contribution in [3.8, 4) is 11.5 Å². The van der Waals surface area contributed by atoms with Gasteiger partial charge in [0.25, 0.3) is 0 Å². The van der Waals surface area contributed by atoms with Crippen LogP contribution in [0.5, 0.6) is 11.5 Å². The number of anilines is 3. The van der Waals surface area contributed by atoms with Gasteiger partial charge >= 0.3 is 11.9 Å². The Morgan fingerprint density at radius 1 is 0.951 bits per heavy atom. The van der Waals surface area contributed by atoms with Crippen LogP contribution in [0.1, 0.15) is 36.8 Å². The first-order chi connectivity index (χ1) is 19.6. The van der Waals surface area contributed by atoms with Crippen molar-refractivity contribution < 1.29 is 22.8 Å². The van der Waals surface area contributed by atoms with E-state index in [2.05, 4.69) is 67.1 Å². The number of rotatable bonds is 8. The van der Waals surface area contributed by atoms with Crippen molar-refractivity contribution in [2.45, 2.75) is 31.9 Å². The van der Waals surface area contributed by atoms with Gasteiger partial charge in [0.15, 0.2) is 5.75 Å². The number of ether oxygens (including phenoxy) is 1. The van der Waals surface area contributed by atoms with E-state index in [1.807, 2.05) is 0 Å². The Morgan fingerprint density at radius 2 is 1.51 bits per heavy atom. The van der Waals surface area contributed by atoms with Crippen LogP contribution in [0.4, 0.5) is 36.7 Å². The maximum Gasteiger partial charge on any atom is 0.416 e. The summed E-state index contributed by atoms with van der Waals surface area (Å²) in [6, 6.07) is 5.36. The minimum Gasteiger partial charge on any atom is -0.448 e. The van der Waals surface area contributed by atoms with Crippen LogP contribution in [-0.4, -0.2) is 52.3 Å². The number of hydrogen-bond donors (Lipinski definition) is 1. The van der Waals surface area contributed by atoms with Gasteiger partial charge < -0.3 is 14.5 Å². The number of nitro groups is 1. The van der Waals surface area contributed by atoms with Crippen LogP contribution in [0, 0.1) is 10.1 Å². The molecule has 2 aliphatic heterocycles. The molecule has 0 amide bonds. The summed E-state index contributed by atoms with van der Waals surface area (Å²) in [5, 5.41) is 15.7. The maximum absolute atomic E-state index is 13.0. The lowest BCUT2D eigenvalue weighted by Gasteiger charge is -2.20. The zero-order valence-electron chi connectivity index (χ0n) is 21.4. The lowest BCUT2D eigenvalue weighted by Crippen LogP contribution is -2.25. The first-order valence-corrected chi connectivity index (χ1v) is 14.2. The number of hydrazone groups is 1. The molecule has 16 heteroatoms. The summed E-state index contributed by atoms with van der Waals surface area (Å²) in [4.78, 5) is 28.5. The topological polar surface area (TPSA) is 122 Å². The van der Waals surface area contributed by atoms with Crippen molar-refractivity contribution in [1.29, 1.82) is 0 Å². The summed E-state index contributed by atoms with van der Waals surface area (Å²) >= 11 is 6.73. The predicted octanol–water partition coefficient (Wildman–Crippen LogP) is 6.76. The third kappa shape index (κ3) is 6.86. The lowest BCUT2D eigenvalue weighted by molar-refractivity contribution is -0.385. The molecule has 0 aliphatic carbocycles. The molecule has 0 spiro atoms. The number of nitro benzene ring substituents is 1. The highest BCUT2D eigenvalue weighted by Crippen LogP contribution is 2.42. The Balaban J connectivity index is 1.34. The van der Waals surface area contributed by atoms with Crippen molar-refractivity contribution in [3.05, 3.63) is 60.5 Å². The van der Waals surface area contributed by atoms with Crippen molar-refractivity contribution >= 4 is 61.6 Å². The van der Waals surface area contributed by atoms with Crippen LogP contribution in [-0.2, 0) is 6.18 Å². The van der Waals surface area contributed by atoms with Crippen LogP contribution in [0.15, 0.2) is 44.4 Å². The molecule has 0 unspecified atom stereocenters. The van der Waals surface area contributed by atoms with E-state index in [-0.39, 0.29) is 11.5 Å². The van der Waals surface area contributed by atoms with Crippen LogP contribution in [0.2, 0.25) is 0 Å². The monoisotopic (exact) mass is 698 g/mol. The Morgan fingerprint density at radius 3 is 2.02 bits per heavy atom. The molecule has 216 valence electrons. The number of hydrogen-bond acceptors (Lipinski definition) is 10. The third-order valence-corrected chi connectivity index (χ3v) is 7.66. The van der Waals surface area contributed by atoms with E-state index in [0.29, 0.717) is 38.4 Å². The summed E-state index contributed by atoms with van der Waals surface area (Å²) in [5.41, 5.74) is 1.53. The fourth-order valence-corrected chi connectivity index (χ4v) is 5.85. The zero-order chi connectivity index (χ0) is 29.1. The van der Waals surface area contributed by atoms with E-state index in [1.165, 1.54) is 6.21 Å². The van der Waals surface area contributed by atoms with Gasteiger partial charge in [-0.1, -0.05) is 0 Å². The van der Waals surface area contributed by atoms with Crippen LogP contribution < -0.4 is 20.0 Å². The van der Waals surface area contributed by atoms with E-state index in [4.69, 9.17) is 4.74 Å². The number of aromatic nitrogens is 3. The molecule has 41 heavy (non-hydrogen) atoms. The quantitative estimate of drug-likeness (QED) is 0.154. The highest BCUT2D eigenvalue weighted by Gasteiger charge is 2.33. The van der Waals surface area contributed by atoms with Gasteiger partial charge in [-0.15, -0.1) is 0 Å². The van der Waals surface area contributed by atoms with Crippen molar-refractivity contribution in [3.63, 3.8) is 0 Å². The Bertz CT molecular complexity index is 1420. The SMILES string of the molecule is O=[N+]([O-])c1cc(C(F)(F)F)ccc1Oc1c(Br)cc(/C=N/Nc2nc(N3CCCC3)nc(N3CCCC3)n2)cc1Br. The number of benzene rings is 2. The van der Waals surface area contributed by atoms with Crippen molar-refractivity contribution in [2.24, 2.45) is 5.10 Å². The second kappa shape index (κ2) is 12.1. The largest absolute Gasteiger partial charge is 0.448 e. The first-order valence-electron chi connectivity index (χ1n) is 12.7. The number of nitrogens with zero attached hydrogens (tertiary/aromatic N) is 7. The minimum atomic E-state index is -4.73. The number of halogens is 5. The molecule has 3 aromatic rings. The molecule has 0 bridgehead atoms. The smallest absolute Gasteiger partial charge is 0.416 e. The summed E-state index contributed by atoms with van der Waals surface area (Å²) in [5.74, 6) is 1.33. The fraction of sp³-hybridized carbons (Fsp3) is 0.360. The van der Waals surface area contributed by atoms with Gasteiger partial charge in [-0.3, -0.25) is 10.1 Å². The maximum atomic E-state index is 13.0. The Hall–Kier alpha value is -3.53. The summed E-state index contributed by atoms with van der Waals surface area (Å²) < 4.78 is 45.5. The Kier molecular flexibility index (Phi) is 8.58. The second-order valence-electron chi connectivity index (χ2n) is 9.37. The van der Waals surface area contributed by atoms with E-state index in [9.17, 15) is 23.3 Å². The van der Waals surface area contributed by atoms with Gasteiger partial charge in [0.2, 0.25) is 23.6 Å². The third-order valence-electron chi connectivity index (χ3n) is 6.48. The van der Waals surface area contributed by atoms with Gasteiger partial charge in [-0.2, -0.15) is 33.2 Å². The highest BCUT2D eigenvalue weighted by molar-refractivity contribution is 9.11. The molecule has 2 fully saturated rings. The van der Waals surface area contributed by atoms with Gasteiger partial charge in [0.05, 0.1) is 25.6 Å². The van der Waals surface area contributed by atoms with Gasteiger partial charge in [0.1, 0.15) is 0 Å². The van der Waals surface area contributed by atoms with E-state index in [0.717, 1.165) is 64.0 Å². The van der Waals surface area contributed by atoms with Gasteiger partial charge in [-0.05, 0) is 87.4 Å². The summed E-state index contributed by atoms with van der Waals surface area (Å²) in [6.07, 6.45) is 1.13. The predicted molar refractivity (Wildman–Crippen MR) is 154 cm³/mol. The molecule has 3 heterocycles. The molecular formula is C25H23Br2F3N8O3. The van der Waals surface area contributed by atoms with E-state index >= 15 is 0 Å². The summed E-state index contributed by atoms with van der Waals surface area (Å²) in [6.45, 7) is 3.55. The van der Waals surface area contributed by atoms with Crippen LogP contribution in [0.25, 0.3) is 0 Å². The van der Waals surface area contributed by atoms with Gasteiger partial charge in [0, 0.05) is 32.2 Å². The molecule has 0 atom stereocenters. The first kappa shape index (κ1) is 29.0. The zero-order valence-corrected chi connectivity index (χ0v) is 24.5. The van der Waals surface area contributed by atoms with Crippen LogP contribution >= 0.6 is 31.9 Å². The lowest BCUT2D eigenvalue weighted by atomic mass is 10.2. The highest BCUT2D eigenvalue weighted by atomic mass is 79.9.